The maximum atomic E-state index is 11.2. The van der Waals surface area contributed by atoms with E-state index in [1.54, 1.807) is 0 Å². The average Bonchev–Trinajstić information content (AvgIpc) is 2.28. The van der Waals surface area contributed by atoms with Crippen molar-refractivity contribution >= 4 is 34.2 Å². The maximum Gasteiger partial charge on any atom is 0.231 e. The van der Waals surface area contributed by atoms with Crippen molar-refractivity contribution in [3.05, 3.63) is 27.3 Å². The number of amides is 1. The van der Waals surface area contributed by atoms with Crippen LogP contribution in [0.4, 0.5) is 5.69 Å². The van der Waals surface area contributed by atoms with Crippen LogP contribution in [0.3, 0.4) is 0 Å². The zero-order valence-corrected chi connectivity index (χ0v) is 8.75. The summed E-state index contributed by atoms with van der Waals surface area (Å²) in [4.78, 5) is 11.2. The highest BCUT2D eigenvalue weighted by molar-refractivity contribution is 14.1. The Morgan fingerprint density at radius 2 is 2.25 bits per heavy atom. The molecule has 0 aliphatic carbocycles. The van der Waals surface area contributed by atoms with E-state index in [0.717, 1.165) is 14.8 Å². The molecule has 0 bridgehead atoms. The summed E-state index contributed by atoms with van der Waals surface area (Å²) in [6.07, 6.45) is 0. The summed E-state index contributed by atoms with van der Waals surface area (Å²) in [5.41, 5.74) is 2.08. The lowest BCUT2D eigenvalue weighted by atomic mass is 10.0. The molecule has 0 spiro atoms. The van der Waals surface area contributed by atoms with Gasteiger partial charge in [0.05, 0.1) is 5.92 Å². The highest BCUT2D eigenvalue weighted by Gasteiger charge is 2.25. The van der Waals surface area contributed by atoms with Crippen molar-refractivity contribution in [1.82, 2.24) is 0 Å². The van der Waals surface area contributed by atoms with Crippen LogP contribution in [0.25, 0.3) is 0 Å². The largest absolute Gasteiger partial charge is 0.325 e. The van der Waals surface area contributed by atoms with Crippen molar-refractivity contribution in [3.8, 4) is 0 Å². The van der Waals surface area contributed by atoms with E-state index in [2.05, 4.69) is 27.9 Å². The van der Waals surface area contributed by atoms with E-state index in [1.165, 1.54) is 0 Å². The van der Waals surface area contributed by atoms with Gasteiger partial charge in [-0.3, -0.25) is 4.79 Å². The number of fused-ring (bicyclic) bond motifs is 1. The predicted octanol–water partition coefficient (Wildman–Crippen LogP) is 2.35. The molecule has 1 unspecified atom stereocenters. The summed E-state index contributed by atoms with van der Waals surface area (Å²) in [7, 11) is 0. The van der Waals surface area contributed by atoms with Crippen LogP contribution in [0.2, 0.25) is 0 Å². The molecule has 0 aromatic heterocycles. The number of nitrogens with one attached hydrogen (secondary N) is 1. The minimum Gasteiger partial charge on any atom is -0.325 e. The molecule has 0 radical (unpaired) electrons. The maximum absolute atomic E-state index is 11.2. The van der Waals surface area contributed by atoms with Gasteiger partial charge in [0.1, 0.15) is 0 Å². The molecule has 3 heteroatoms. The second-order valence-electron chi connectivity index (χ2n) is 2.94. The van der Waals surface area contributed by atoms with Crippen LogP contribution in [0.1, 0.15) is 18.4 Å². The van der Waals surface area contributed by atoms with E-state index >= 15 is 0 Å². The second-order valence-corrected chi connectivity index (χ2v) is 4.19. The number of halogens is 1. The van der Waals surface area contributed by atoms with Crippen molar-refractivity contribution in [2.24, 2.45) is 0 Å². The van der Waals surface area contributed by atoms with Crippen LogP contribution < -0.4 is 5.32 Å². The van der Waals surface area contributed by atoms with Gasteiger partial charge in [-0.05, 0) is 47.2 Å². The van der Waals surface area contributed by atoms with Gasteiger partial charge in [0.15, 0.2) is 0 Å². The predicted molar refractivity (Wildman–Crippen MR) is 56.2 cm³/mol. The molecule has 2 nitrogen and oxygen atoms in total. The lowest BCUT2D eigenvalue weighted by Crippen LogP contribution is -2.08. The summed E-state index contributed by atoms with van der Waals surface area (Å²) >= 11 is 2.24. The number of benzene rings is 1. The number of rotatable bonds is 0. The quantitative estimate of drug-likeness (QED) is 0.722. The number of hydrogen-bond acceptors (Lipinski definition) is 1. The molecule has 0 saturated carbocycles. The first-order chi connectivity index (χ1) is 5.68. The van der Waals surface area contributed by atoms with Gasteiger partial charge in [0.25, 0.3) is 0 Å². The number of carbonyl (C=O) groups is 1. The molecule has 1 amide bonds. The number of hydrogen-bond donors (Lipinski definition) is 1. The van der Waals surface area contributed by atoms with Crippen LogP contribution >= 0.6 is 22.6 Å². The minimum absolute atomic E-state index is 0.0111. The third-order valence-electron chi connectivity index (χ3n) is 2.13. The third kappa shape index (κ3) is 1.12. The molecular weight excluding hydrogens is 265 g/mol. The standard InChI is InChI=1S/C9H8INO/c1-5-7-3-2-6(10)4-8(7)11-9(5)12/h2-5H,1H3,(H,11,12). The van der Waals surface area contributed by atoms with Gasteiger partial charge >= 0.3 is 0 Å². The molecule has 1 aliphatic rings. The van der Waals surface area contributed by atoms with Gasteiger partial charge in [-0.25, -0.2) is 0 Å². The van der Waals surface area contributed by atoms with Crippen molar-refractivity contribution in [2.45, 2.75) is 12.8 Å². The minimum atomic E-state index is 0.0111. The Hall–Kier alpha value is -0.580. The molecular formula is C9H8INO. The van der Waals surface area contributed by atoms with Crippen LogP contribution in [-0.4, -0.2) is 5.91 Å². The first kappa shape index (κ1) is 8.04. The Morgan fingerprint density at radius 1 is 1.50 bits per heavy atom. The molecule has 0 fully saturated rings. The van der Waals surface area contributed by atoms with Crippen molar-refractivity contribution in [2.75, 3.05) is 5.32 Å². The Kier molecular flexibility index (Phi) is 1.83. The molecule has 1 atom stereocenters. The molecule has 62 valence electrons. The molecule has 1 aromatic carbocycles. The highest BCUT2D eigenvalue weighted by Crippen LogP contribution is 2.32. The van der Waals surface area contributed by atoms with Crippen LogP contribution in [-0.2, 0) is 4.79 Å². The molecule has 1 heterocycles. The lowest BCUT2D eigenvalue weighted by Gasteiger charge is -1.99. The Morgan fingerprint density at radius 3 is 3.00 bits per heavy atom. The summed E-state index contributed by atoms with van der Waals surface area (Å²) in [6, 6.07) is 6.03. The van der Waals surface area contributed by atoms with E-state index in [-0.39, 0.29) is 11.8 Å². The second kappa shape index (κ2) is 2.73. The van der Waals surface area contributed by atoms with Gasteiger partial charge in [-0.15, -0.1) is 0 Å². The lowest BCUT2D eigenvalue weighted by molar-refractivity contribution is -0.116. The number of carbonyl (C=O) groups excluding carboxylic acids is 1. The molecule has 1 N–H and O–H groups in total. The Balaban J connectivity index is 2.54. The van der Waals surface area contributed by atoms with Crippen molar-refractivity contribution in [1.29, 1.82) is 0 Å². The van der Waals surface area contributed by atoms with Crippen LogP contribution in [0.5, 0.6) is 0 Å². The molecule has 0 saturated heterocycles. The van der Waals surface area contributed by atoms with Gasteiger partial charge in [0.2, 0.25) is 5.91 Å². The topological polar surface area (TPSA) is 29.1 Å². The summed E-state index contributed by atoms with van der Waals surface area (Å²) < 4.78 is 1.15. The van der Waals surface area contributed by atoms with Crippen molar-refractivity contribution in [3.63, 3.8) is 0 Å². The normalized spacial score (nSPS) is 20.5. The third-order valence-corrected chi connectivity index (χ3v) is 2.80. The van der Waals surface area contributed by atoms with Crippen molar-refractivity contribution < 1.29 is 4.79 Å². The fourth-order valence-corrected chi connectivity index (χ4v) is 1.89. The van der Waals surface area contributed by atoms with E-state index in [0.29, 0.717) is 0 Å². The monoisotopic (exact) mass is 273 g/mol. The van der Waals surface area contributed by atoms with Gasteiger partial charge in [-0.2, -0.15) is 0 Å². The summed E-state index contributed by atoms with van der Waals surface area (Å²) in [5, 5.41) is 2.84. The van der Waals surface area contributed by atoms with Crippen LogP contribution in [0.15, 0.2) is 18.2 Å². The highest BCUT2D eigenvalue weighted by atomic mass is 127. The first-order valence-electron chi connectivity index (χ1n) is 3.79. The van der Waals surface area contributed by atoms with E-state index in [9.17, 15) is 4.79 Å². The smallest absolute Gasteiger partial charge is 0.231 e. The Bertz CT molecular complexity index is 348. The van der Waals surface area contributed by atoms with Gasteiger partial charge in [0, 0.05) is 9.26 Å². The van der Waals surface area contributed by atoms with E-state index in [1.807, 2.05) is 25.1 Å². The fraction of sp³-hybridized carbons (Fsp3) is 0.222. The molecule has 1 aromatic rings. The average molecular weight is 273 g/mol. The number of anilines is 1. The Labute approximate surface area is 84.5 Å². The zero-order chi connectivity index (χ0) is 8.72. The van der Waals surface area contributed by atoms with E-state index < -0.39 is 0 Å². The first-order valence-corrected chi connectivity index (χ1v) is 4.86. The molecule has 1 aliphatic heterocycles. The van der Waals surface area contributed by atoms with Crippen LogP contribution in [0, 0.1) is 3.57 Å². The zero-order valence-electron chi connectivity index (χ0n) is 6.60. The molecule has 12 heavy (non-hydrogen) atoms. The summed E-state index contributed by atoms with van der Waals surface area (Å²) in [6.45, 7) is 1.92. The van der Waals surface area contributed by atoms with Gasteiger partial charge < -0.3 is 5.32 Å². The van der Waals surface area contributed by atoms with E-state index in [4.69, 9.17) is 0 Å². The van der Waals surface area contributed by atoms with Gasteiger partial charge in [-0.1, -0.05) is 6.07 Å². The fourth-order valence-electron chi connectivity index (χ4n) is 1.40. The SMILES string of the molecule is CC1C(=O)Nc2cc(I)ccc21. The summed E-state index contributed by atoms with van der Waals surface area (Å²) in [5.74, 6) is 0.115. The molecule has 2 rings (SSSR count).